The lowest BCUT2D eigenvalue weighted by Gasteiger charge is -2.17. The fourth-order valence-corrected chi connectivity index (χ4v) is 3.35. The molecule has 3 aromatic rings. The highest BCUT2D eigenvalue weighted by Gasteiger charge is 2.36. The number of hydrogen-bond acceptors (Lipinski definition) is 5. The minimum absolute atomic E-state index is 0.408. The highest BCUT2D eigenvalue weighted by Crippen LogP contribution is 2.35. The SMILES string of the molecule is NC1(c2noc(-c3ccn(-c4cccc(Br)c4)n3)n2)CCCC1. The Kier molecular flexibility index (Phi) is 3.54. The minimum atomic E-state index is -0.450. The van der Waals surface area contributed by atoms with E-state index in [0.717, 1.165) is 35.8 Å². The second-order valence-corrected chi connectivity index (χ2v) is 6.83. The first kappa shape index (κ1) is 14.6. The van der Waals surface area contributed by atoms with Crippen molar-refractivity contribution in [2.45, 2.75) is 31.2 Å². The van der Waals surface area contributed by atoms with Crippen molar-refractivity contribution in [1.82, 2.24) is 19.9 Å². The van der Waals surface area contributed by atoms with Crippen LogP contribution in [0.1, 0.15) is 31.5 Å². The van der Waals surface area contributed by atoms with Crippen LogP contribution in [-0.4, -0.2) is 19.9 Å². The molecule has 23 heavy (non-hydrogen) atoms. The zero-order valence-electron chi connectivity index (χ0n) is 12.4. The Balaban J connectivity index is 1.63. The summed E-state index contributed by atoms with van der Waals surface area (Å²) < 4.78 is 8.15. The van der Waals surface area contributed by atoms with E-state index in [0.29, 0.717) is 17.4 Å². The predicted molar refractivity (Wildman–Crippen MR) is 88.9 cm³/mol. The number of nitrogens with two attached hydrogens (primary N) is 1. The summed E-state index contributed by atoms with van der Waals surface area (Å²) in [4.78, 5) is 4.47. The third-order valence-electron chi connectivity index (χ3n) is 4.25. The average Bonchev–Trinajstić information content (AvgIpc) is 3.27. The molecule has 0 unspecified atom stereocenters. The molecule has 0 bridgehead atoms. The van der Waals surface area contributed by atoms with Gasteiger partial charge < -0.3 is 10.3 Å². The first-order valence-corrected chi connectivity index (χ1v) is 8.38. The fraction of sp³-hybridized carbons (Fsp3) is 0.312. The molecule has 6 nitrogen and oxygen atoms in total. The van der Waals surface area contributed by atoms with E-state index < -0.39 is 5.54 Å². The van der Waals surface area contributed by atoms with Crippen LogP contribution >= 0.6 is 15.9 Å². The Morgan fingerprint density at radius 1 is 1.22 bits per heavy atom. The molecule has 0 aliphatic heterocycles. The molecule has 2 heterocycles. The summed E-state index contributed by atoms with van der Waals surface area (Å²) in [6.07, 6.45) is 5.89. The van der Waals surface area contributed by atoms with Crippen molar-refractivity contribution in [2.75, 3.05) is 0 Å². The van der Waals surface area contributed by atoms with Gasteiger partial charge in [0.25, 0.3) is 5.89 Å². The lowest BCUT2D eigenvalue weighted by atomic mass is 9.99. The highest BCUT2D eigenvalue weighted by atomic mass is 79.9. The summed E-state index contributed by atoms with van der Waals surface area (Å²) in [5.74, 6) is 0.993. The van der Waals surface area contributed by atoms with Crippen LogP contribution in [0.3, 0.4) is 0 Å². The molecule has 1 fully saturated rings. The smallest absolute Gasteiger partial charge is 0.278 e. The van der Waals surface area contributed by atoms with Crippen LogP contribution < -0.4 is 5.73 Å². The first-order valence-electron chi connectivity index (χ1n) is 7.59. The lowest BCUT2D eigenvalue weighted by molar-refractivity contribution is 0.372. The average molecular weight is 374 g/mol. The highest BCUT2D eigenvalue weighted by molar-refractivity contribution is 9.10. The van der Waals surface area contributed by atoms with Crippen LogP contribution in [0, 0.1) is 0 Å². The van der Waals surface area contributed by atoms with Gasteiger partial charge in [-0.2, -0.15) is 10.1 Å². The van der Waals surface area contributed by atoms with Crippen LogP contribution in [0.5, 0.6) is 0 Å². The molecule has 0 saturated heterocycles. The maximum absolute atomic E-state index is 6.37. The molecule has 0 spiro atoms. The van der Waals surface area contributed by atoms with Gasteiger partial charge in [-0.05, 0) is 37.1 Å². The summed E-state index contributed by atoms with van der Waals surface area (Å²) in [6.45, 7) is 0. The van der Waals surface area contributed by atoms with E-state index >= 15 is 0 Å². The summed E-state index contributed by atoms with van der Waals surface area (Å²) in [5, 5.41) is 8.59. The normalized spacial score (nSPS) is 16.8. The van der Waals surface area contributed by atoms with E-state index in [-0.39, 0.29) is 0 Å². The van der Waals surface area contributed by atoms with Crippen molar-refractivity contribution in [3.8, 4) is 17.3 Å². The second-order valence-electron chi connectivity index (χ2n) is 5.91. The van der Waals surface area contributed by atoms with Crippen molar-refractivity contribution in [1.29, 1.82) is 0 Å². The summed E-state index contributed by atoms with van der Waals surface area (Å²) in [6, 6.07) is 9.76. The van der Waals surface area contributed by atoms with Gasteiger partial charge in [-0.15, -0.1) is 0 Å². The molecule has 1 aliphatic carbocycles. The van der Waals surface area contributed by atoms with Gasteiger partial charge in [0, 0.05) is 10.7 Å². The Bertz CT molecular complexity index is 834. The van der Waals surface area contributed by atoms with Gasteiger partial charge in [-0.1, -0.05) is 40.0 Å². The molecule has 1 aliphatic rings. The van der Waals surface area contributed by atoms with Crippen molar-refractivity contribution in [2.24, 2.45) is 5.73 Å². The Labute approximate surface area is 141 Å². The monoisotopic (exact) mass is 373 g/mol. The summed E-state index contributed by atoms with van der Waals surface area (Å²) >= 11 is 3.46. The first-order chi connectivity index (χ1) is 11.1. The maximum Gasteiger partial charge on any atom is 0.278 e. The number of aromatic nitrogens is 4. The number of nitrogens with zero attached hydrogens (tertiary/aromatic N) is 4. The van der Waals surface area contributed by atoms with E-state index in [1.165, 1.54) is 0 Å². The van der Waals surface area contributed by atoms with Gasteiger partial charge in [-0.25, -0.2) is 4.68 Å². The van der Waals surface area contributed by atoms with Crippen LogP contribution in [0.25, 0.3) is 17.3 Å². The zero-order chi connectivity index (χ0) is 15.9. The summed E-state index contributed by atoms with van der Waals surface area (Å²) in [5.41, 5.74) is 7.52. The van der Waals surface area contributed by atoms with Crippen LogP contribution in [0.15, 0.2) is 45.5 Å². The van der Waals surface area contributed by atoms with Crippen LogP contribution in [-0.2, 0) is 5.54 Å². The lowest BCUT2D eigenvalue weighted by Crippen LogP contribution is -2.34. The van der Waals surface area contributed by atoms with E-state index in [4.69, 9.17) is 10.3 Å². The standard InChI is InChI=1S/C16H16BrN5O/c17-11-4-3-5-12(10-11)22-9-6-13(20-22)14-19-15(21-23-14)16(18)7-1-2-8-16/h3-6,9-10H,1-2,7-8,18H2. The quantitative estimate of drug-likeness (QED) is 0.760. The molecule has 1 saturated carbocycles. The van der Waals surface area contributed by atoms with Gasteiger partial charge in [-0.3, -0.25) is 0 Å². The van der Waals surface area contributed by atoms with Gasteiger partial charge in [0.1, 0.15) is 0 Å². The molecule has 7 heteroatoms. The molecular formula is C16H16BrN5O. The summed E-state index contributed by atoms with van der Waals surface area (Å²) in [7, 11) is 0. The number of halogens is 1. The number of benzene rings is 1. The van der Waals surface area contributed by atoms with Crippen LogP contribution in [0.4, 0.5) is 0 Å². The third kappa shape index (κ3) is 2.70. The zero-order valence-corrected chi connectivity index (χ0v) is 14.0. The fourth-order valence-electron chi connectivity index (χ4n) is 2.96. The Hall–Kier alpha value is -1.99. The second kappa shape index (κ2) is 5.58. The minimum Gasteiger partial charge on any atom is -0.332 e. The molecule has 1 aromatic carbocycles. The molecule has 0 atom stereocenters. The van der Waals surface area contributed by atoms with E-state index in [2.05, 4.69) is 31.2 Å². The third-order valence-corrected chi connectivity index (χ3v) is 4.74. The largest absolute Gasteiger partial charge is 0.332 e. The van der Waals surface area contributed by atoms with Crippen molar-refractivity contribution < 1.29 is 4.52 Å². The molecule has 0 amide bonds. The topological polar surface area (TPSA) is 82.8 Å². The van der Waals surface area contributed by atoms with Crippen molar-refractivity contribution in [3.05, 3.63) is 46.8 Å². The maximum atomic E-state index is 6.37. The van der Waals surface area contributed by atoms with E-state index in [1.807, 2.05) is 36.5 Å². The van der Waals surface area contributed by atoms with E-state index in [9.17, 15) is 0 Å². The van der Waals surface area contributed by atoms with Crippen molar-refractivity contribution in [3.63, 3.8) is 0 Å². The molecule has 2 aromatic heterocycles. The predicted octanol–water partition coefficient (Wildman–Crippen LogP) is 3.41. The molecular weight excluding hydrogens is 358 g/mol. The van der Waals surface area contributed by atoms with Gasteiger partial charge >= 0.3 is 0 Å². The molecule has 4 rings (SSSR count). The molecule has 2 N–H and O–H groups in total. The van der Waals surface area contributed by atoms with E-state index in [1.54, 1.807) is 4.68 Å². The van der Waals surface area contributed by atoms with Crippen molar-refractivity contribution >= 4 is 15.9 Å². The number of hydrogen-bond donors (Lipinski definition) is 1. The van der Waals surface area contributed by atoms with Crippen LogP contribution in [0.2, 0.25) is 0 Å². The molecule has 0 radical (unpaired) electrons. The number of rotatable bonds is 3. The Morgan fingerprint density at radius 3 is 2.83 bits per heavy atom. The Morgan fingerprint density at radius 2 is 2.04 bits per heavy atom. The van der Waals surface area contributed by atoms with Gasteiger partial charge in [0.05, 0.1) is 11.2 Å². The van der Waals surface area contributed by atoms with Gasteiger partial charge in [0.15, 0.2) is 11.5 Å². The molecule has 118 valence electrons. The van der Waals surface area contributed by atoms with Gasteiger partial charge in [0.2, 0.25) is 0 Å².